The number of fused-ring (bicyclic) bond motifs is 1. The summed E-state index contributed by atoms with van der Waals surface area (Å²) in [7, 11) is 2.16. The Bertz CT molecular complexity index is 140. The molecule has 0 radical (unpaired) electrons. The third-order valence-corrected chi connectivity index (χ3v) is 2.60. The molecule has 2 heterocycles. The van der Waals surface area contributed by atoms with Crippen molar-refractivity contribution in [3.05, 3.63) is 0 Å². The highest BCUT2D eigenvalue weighted by Gasteiger charge is 2.30. The summed E-state index contributed by atoms with van der Waals surface area (Å²) in [5, 5.41) is 3.49. The molecular weight excluding hydrogens is 140 g/mol. The van der Waals surface area contributed by atoms with Gasteiger partial charge in [0.1, 0.15) is 0 Å². The molecule has 2 atom stereocenters. The molecular formula is C8H16N2O. The number of hydrogen-bond acceptors (Lipinski definition) is 3. The van der Waals surface area contributed by atoms with Gasteiger partial charge in [-0.2, -0.15) is 0 Å². The highest BCUT2D eigenvalue weighted by atomic mass is 16.5. The predicted molar refractivity (Wildman–Crippen MR) is 43.6 cm³/mol. The molecule has 2 aliphatic heterocycles. The zero-order valence-corrected chi connectivity index (χ0v) is 7.05. The first-order valence-electron chi connectivity index (χ1n) is 4.40. The minimum atomic E-state index is 0.447. The van der Waals surface area contributed by atoms with Crippen molar-refractivity contribution in [3.63, 3.8) is 0 Å². The standard InChI is InChI=1S/C8H16N2O/c1-10-4-2-7-8(6-10)11-5-3-9-7/h7-9H,2-6H2,1H3/t7-,8+/m1/s1. The summed E-state index contributed by atoms with van der Waals surface area (Å²) >= 11 is 0. The number of likely N-dealkylation sites (N-methyl/N-ethyl adjacent to an activating group) is 1. The van der Waals surface area contributed by atoms with Crippen LogP contribution in [0.25, 0.3) is 0 Å². The second-order valence-corrected chi connectivity index (χ2v) is 3.52. The van der Waals surface area contributed by atoms with Crippen LogP contribution in [-0.2, 0) is 4.74 Å². The maximum atomic E-state index is 5.65. The van der Waals surface area contributed by atoms with Crippen LogP contribution in [0.4, 0.5) is 0 Å². The quantitative estimate of drug-likeness (QED) is 0.520. The van der Waals surface area contributed by atoms with Crippen molar-refractivity contribution in [3.8, 4) is 0 Å². The van der Waals surface area contributed by atoms with E-state index in [1.807, 2.05) is 0 Å². The van der Waals surface area contributed by atoms with Crippen LogP contribution in [0.15, 0.2) is 0 Å². The highest BCUT2D eigenvalue weighted by Crippen LogP contribution is 2.14. The number of ether oxygens (including phenoxy) is 1. The van der Waals surface area contributed by atoms with Gasteiger partial charge in [0.05, 0.1) is 12.7 Å². The Kier molecular flexibility index (Phi) is 2.11. The minimum absolute atomic E-state index is 0.447. The van der Waals surface area contributed by atoms with Gasteiger partial charge < -0.3 is 15.0 Å². The Morgan fingerprint density at radius 3 is 3.36 bits per heavy atom. The van der Waals surface area contributed by atoms with Crippen molar-refractivity contribution in [2.45, 2.75) is 18.6 Å². The van der Waals surface area contributed by atoms with Crippen LogP contribution in [0.3, 0.4) is 0 Å². The Morgan fingerprint density at radius 2 is 2.45 bits per heavy atom. The summed E-state index contributed by atoms with van der Waals surface area (Å²) in [4.78, 5) is 2.34. The summed E-state index contributed by atoms with van der Waals surface area (Å²) in [5.41, 5.74) is 0. The number of piperidine rings is 1. The smallest absolute Gasteiger partial charge is 0.0855 e. The Hall–Kier alpha value is -0.120. The third-order valence-electron chi connectivity index (χ3n) is 2.60. The average Bonchev–Trinajstić information content (AvgIpc) is 2.04. The monoisotopic (exact) mass is 156 g/mol. The second-order valence-electron chi connectivity index (χ2n) is 3.52. The Labute approximate surface area is 67.7 Å². The molecule has 0 aromatic carbocycles. The molecule has 1 N–H and O–H groups in total. The first-order valence-corrected chi connectivity index (χ1v) is 4.40. The molecule has 0 spiro atoms. The van der Waals surface area contributed by atoms with E-state index in [4.69, 9.17) is 4.74 Å². The molecule has 3 heteroatoms. The third kappa shape index (κ3) is 1.55. The molecule has 0 aromatic rings. The van der Waals surface area contributed by atoms with Crippen molar-refractivity contribution in [2.75, 3.05) is 33.3 Å². The van der Waals surface area contributed by atoms with Crippen molar-refractivity contribution in [1.29, 1.82) is 0 Å². The van der Waals surface area contributed by atoms with E-state index < -0.39 is 0 Å². The summed E-state index contributed by atoms with van der Waals surface area (Å²) in [6.07, 6.45) is 1.68. The molecule has 3 nitrogen and oxygen atoms in total. The fraction of sp³-hybridized carbons (Fsp3) is 1.00. The van der Waals surface area contributed by atoms with Crippen LogP contribution in [0, 0.1) is 0 Å². The molecule has 2 rings (SSSR count). The van der Waals surface area contributed by atoms with Crippen LogP contribution in [0.5, 0.6) is 0 Å². The minimum Gasteiger partial charge on any atom is -0.374 e. The number of likely N-dealkylation sites (tertiary alicyclic amines) is 1. The first-order chi connectivity index (χ1) is 5.36. The van der Waals surface area contributed by atoms with E-state index in [2.05, 4.69) is 17.3 Å². The van der Waals surface area contributed by atoms with Crippen LogP contribution >= 0.6 is 0 Å². The molecule has 0 bridgehead atoms. The molecule has 2 fully saturated rings. The van der Waals surface area contributed by atoms with E-state index in [-0.39, 0.29) is 0 Å². The van der Waals surface area contributed by atoms with Gasteiger partial charge in [0.15, 0.2) is 0 Å². The molecule has 64 valence electrons. The van der Waals surface area contributed by atoms with E-state index in [1.54, 1.807) is 0 Å². The van der Waals surface area contributed by atoms with Gasteiger partial charge in [-0.1, -0.05) is 0 Å². The lowest BCUT2D eigenvalue weighted by atomic mass is 10.0. The van der Waals surface area contributed by atoms with Crippen LogP contribution in [-0.4, -0.2) is 50.3 Å². The van der Waals surface area contributed by atoms with Gasteiger partial charge in [0, 0.05) is 19.1 Å². The van der Waals surface area contributed by atoms with Gasteiger partial charge in [0.25, 0.3) is 0 Å². The summed E-state index contributed by atoms with van der Waals surface area (Å²) in [5.74, 6) is 0. The maximum Gasteiger partial charge on any atom is 0.0855 e. The summed E-state index contributed by atoms with van der Waals surface area (Å²) < 4.78 is 5.65. The lowest BCUT2D eigenvalue weighted by Gasteiger charge is -2.40. The summed E-state index contributed by atoms with van der Waals surface area (Å²) in [6.45, 7) is 4.22. The van der Waals surface area contributed by atoms with Crippen LogP contribution in [0.1, 0.15) is 6.42 Å². The van der Waals surface area contributed by atoms with E-state index in [0.29, 0.717) is 12.1 Å². The number of nitrogens with one attached hydrogen (secondary N) is 1. The highest BCUT2D eigenvalue weighted by molar-refractivity contribution is 4.87. The predicted octanol–water partition coefficient (Wildman–Crippen LogP) is -0.321. The maximum absolute atomic E-state index is 5.65. The van der Waals surface area contributed by atoms with Gasteiger partial charge in [-0.3, -0.25) is 0 Å². The van der Waals surface area contributed by atoms with Crippen molar-refractivity contribution in [2.24, 2.45) is 0 Å². The number of nitrogens with zero attached hydrogens (tertiary/aromatic N) is 1. The zero-order valence-electron chi connectivity index (χ0n) is 7.05. The molecule has 0 amide bonds. The Balaban J connectivity index is 1.93. The lowest BCUT2D eigenvalue weighted by Crippen LogP contribution is -2.56. The van der Waals surface area contributed by atoms with Crippen molar-refractivity contribution < 1.29 is 4.74 Å². The molecule has 0 aliphatic carbocycles. The largest absolute Gasteiger partial charge is 0.374 e. The van der Waals surface area contributed by atoms with Gasteiger partial charge >= 0.3 is 0 Å². The molecule has 11 heavy (non-hydrogen) atoms. The Morgan fingerprint density at radius 1 is 1.55 bits per heavy atom. The van der Waals surface area contributed by atoms with Crippen molar-refractivity contribution >= 4 is 0 Å². The molecule has 0 unspecified atom stereocenters. The van der Waals surface area contributed by atoms with Gasteiger partial charge in [0.2, 0.25) is 0 Å². The lowest BCUT2D eigenvalue weighted by molar-refractivity contribution is -0.0417. The number of hydrogen-bond donors (Lipinski definition) is 1. The molecule has 0 saturated carbocycles. The van der Waals surface area contributed by atoms with E-state index in [1.165, 1.54) is 13.0 Å². The molecule has 2 aliphatic rings. The number of morpholine rings is 1. The average molecular weight is 156 g/mol. The topological polar surface area (TPSA) is 24.5 Å². The van der Waals surface area contributed by atoms with Crippen LogP contribution < -0.4 is 5.32 Å². The van der Waals surface area contributed by atoms with E-state index >= 15 is 0 Å². The molecule has 0 aromatic heterocycles. The number of rotatable bonds is 0. The second kappa shape index (κ2) is 3.09. The first kappa shape index (κ1) is 7.53. The van der Waals surface area contributed by atoms with Gasteiger partial charge in [-0.05, 0) is 20.0 Å². The van der Waals surface area contributed by atoms with E-state index in [9.17, 15) is 0 Å². The normalized spacial score (nSPS) is 40.1. The fourth-order valence-corrected chi connectivity index (χ4v) is 1.93. The SMILES string of the molecule is CN1CC[C@H]2NCCO[C@H]2C1. The van der Waals surface area contributed by atoms with E-state index in [0.717, 1.165) is 19.7 Å². The summed E-state index contributed by atoms with van der Waals surface area (Å²) in [6, 6.07) is 0.625. The van der Waals surface area contributed by atoms with Gasteiger partial charge in [-0.15, -0.1) is 0 Å². The fourth-order valence-electron chi connectivity index (χ4n) is 1.93. The van der Waals surface area contributed by atoms with Gasteiger partial charge in [-0.25, -0.2) is 0 Å². The van der Waals surface area contributed by atoms with Crippen LogP contribution in [0.2, 0.25) is 0 Å². The molecule has 2 saturated heterocycles. The van der Waals surface area contributed by atoms with Crippen molar-refractivity contribution in [1.82, 2.24) is 10.2 Å². The zero-order chi connectivity index (χ0) is 7.68.